The first-order valence-electron chi connectivity index (χ1n) is 8.56. The van der Waals surface area contributed by atoms with Crippen molar-refractivity contribution in [1.29, 1.82) is 0 Å². The summed E-state index contributed by atoms with van der Waals surface area (Å²) in [5.74, 6) is 0.856. The Labute approximate surface area is 155 Å². The van der Waals surface area contributed by atoms with Gasteiger partial charge in [0.05, 0.1) is 5.56 Å². The third-order valence-electron chi connectivity index (χ3n) is 3.89. The fourth-order valence-corrected chi connectivity index (χ4v) is 2.57. The van der Waals surface area contributed by atoms with Crippen molar-refractivity contribution in [2.75, 3.05) is 17.2 Å². The van der Waals surface area contributed by atoms with Gasteiger partial charge in [-0.3, -0.25) is 0 Å². The zero-order valence-electron chi connectivity index (χ0n) is 14.5. The van der Waals surface area contributed by atoms with E-state index < -0.39 is 11.7 Å². The molecule has 3 aromatic rings. The van der Waals surface area contributed by atoms with E-state index in [0.717, 1.165) is 25.0 Å². The van der Waals surface area contributed by atoms with Gasteiger partial charge in [0, 0.05) is 18.4 Å². The van der Waals surface area contributed by atoms with Crippen LogP contribution in [-0.4, -0.2) is 16.5 Å². The molecule has 140 valence electrons. The molecular weight excluding hydrogens is 353 g/mol. The molecule has 0 saturated heterocycles. The predicted octanol–water partition coefficient (Wildman–Crippen LogP) is 5.28. The number of aromatic nitrogens is 2. The average Bonchev–Trinajstić information content (AvgIpc) is 2.66. The zero-order valence-corrected chi connectivity index (χ0v) is 14.5. The van der Waals surface area contributed by atoms with Gasteiger partial charge in [-0.05, 0) is 42.7 Å². The maximum atomic E-state index is 12.8. The van der Waals surface area contributed by atoms with Crippen LogP contribution in [0.5, 0.6) is 0 Å². The summed E-state index contributed by atoms with van der Waals surface area (Å²) < 4.78 is 38.4. The lowest BCUT2D eigenvalue weighted by Gasteiger charge is -2.11. The van der Waals surface area contributed by atoms with Crippen molar-refractivity contribution in [2.24, 2.45) is 0 Å². The van der Waals surface area contributed by atoms with Gasteiger partial charge in [0.15, 0.2) is 0 Å². The molecule has 0 unspecified atom stereocenters. The standard InChI is InChI=1S/C20H19F3N4/c21-20(22,23)16-9-4-10-17(14-16)26-18-11-13-25-19(27-18)24-12-5-8-15-6-2-1-3-7-15/h1-4,6-7,9-11,13-14H,5,8,12H2,(H2,24,25,26,27). The molecule has 0 radical (unpaired) electrons. The topological polar surface area (TPSA) is 49.8 Å². The fraction of sp³-hybridized carbons (Fsp3) is 0.200. The first kappa shape index (κ1) is 18.7. The summed E-state index contributed by atoms with van der Waals surface area (Å²) in [6.45, 7) is 0.696. The number of anilines is 3. The van der Waals surface area contributed by atoms with Crippen LogP contribution >= 0.6 is 0 Å². The molecule has 0 bridgehead atoms. The van der Waals surface area contributed by atoms with Gasteiger partial charge in [-0.15, -0.1) is 0 Å². The number of hydrogen-bond donors (Lipinski definition) is 2. The molecule has 2 N–H and O–H groups in total. The number of alkyl halides is 3. The molecule has 0 amide bonds. The second-order valence-corrected chi connectivity index (χ2v) is 5.98. The Bertz CT molecular complexity index is 866. The highest BCUT2D eigenvalue weighted by Crippen LogP contribution is 2.31. The second-order valence-electron chi connectivity index (χ2n) is 5.98. The van der Waals surface area contributed by atoms with Crippen LogP contribution in [-0.2, 0) is 12.6 Å². The summed E-state index contributed by atoms with van der Waals surface area (Å²) in [6.07, 6.45) is -0.966. The summed E-state index contributed by atoms with van der Waals surface area (Å²) in [4.78, 5) is 8.43. The Kier molecular flexibility index (Phi) is 5.90. The van der Waals surface area contributed by atoms with Crippen LogP contribution in [0.4, 0.5) is 30.6 Å². The molecule has 0 aliphatic heterocycles. The molecular formula is C20H19F3N4. The second kappa shape index (κ2) is 8.53. The molecule has 1 heterocycles. The Morgan fingerprint density at radius 3 is 2.52 bits per heavy atom. The Hall–Kier alpha value is -3.09. The third kappa shape index (κ3) is 5.70. The van der Waals surface area contributed by atoms with Gasteiger partial charge in [0.1, 0.15) is 5.82 Å². The lowest BCUT2D eigenvalue weighted by Crippen LogP contribution is -2.08. The summed E-state index contributed by atoms with van der Waals surface area (Å²) >= 11 is 0. The molecule has 0 aliphatic carbocycles. The molecule has 7 heteroatoms. The van der Waals surface area contributed by atoms with Gasteiger partial charge >= 0.3 is 6.18 Å². The molecule has 0 saturated carbocycles. The highest BCUT2D eigenvalue weighted by molar-refractivity contribution is 5.58. The van der Waals surface area contributed by atoms with Crippen molar-refractivity contribution in [3.63, 3.8) is 0 Å². The molecule has 4 nitrogen and oxygen atoms in total. The summed E-state index contributed by atoms with van der Waals surface area (Å²) in [5.41, 5.74) is 0.875. The smallest absolute Gasteiger partial charge is 0.354 e. The van der Waals surface area contributed by atoms with Crippen LogP contribution in [0.25, 0.3) is 0 Å². The van der Waals surface area contributed by atoms with Gasteiger partial charge in [-0.25, -0.2) is 4.98 Å². The van der Waals surface area contributed by atoms with E-state index >= 15 is 0 Å². The molecule has 0 spiro atoms. The van der Waals surface area contributed by atoms with Crippen LogP contribution in [0.2, 0.25) is 0 Å². The van der Waals surface area contributed by atoms with Crippen molar-refractivity contribution in [3.05, 3.63) is 78.0 Å². The zero-order chi connectivity index (χ0) is 19.1. The normalized spacial score (nSPS) is 11.2. The predicted molar refractivity (Wildman–Crippen MR) is 100 cm³/mol. The summed E-state index contributed by atoms with van der Waals surface area (Å²) in [7, 11) is 0. The minimum Gasteiger partial charge on any atom is -0.354 e. The average molecular weight is 372 g/mol. The molecule has 2 aromatic carbocycles. The van der Waals surface area contributed by atoms with Crippen LogP contribution < -0.4 is 10.6 Å². The highest BCUT2D eigenvalue weighted by atomic mass is 19.4. The van der Waals surface area contributed by atoms with Crippen molar-refractivity contribution in [1.82, 2.24) is 9.97 Å². The quantitative estimate of drug-likeness (QED) is 0.554. The Balaban J connectivity index is 1.56. The molecule has 0 fully saturated rings. The van der Waals surface area contributed by atoms with E-state index in [2.05, 4.69) is 32.7 Å². The maximum Gasteiger partial charge on any atom is 0.416 e. The first-order chi connectivity index (χ1) is 13.0. The number of halogens is 3. The first-order valence-corrected chi connectivity index (χ1v) is 8.56. The molecule has 0 atom stereocenters. The molecule has 1 aromatic heterocycles. The third-order valence-corrected chi connectivity index (χ3v) is 3.89. The summed E-state index contributed by atoms with van der Waals surface area (Å²) in [5, 5.41) is 6.02. The number of nitrogens with one attached hydrogen (secondary N) is 2. The number of nitrogens with zero attached hydrogens (tertiary/aromatic N) is 2. The maximum absolute atomic E-state index is 12.8. The van der Waals surface area contributed by atoms with E-state index in [0.29, 0.717) is 24.0 Å². The van der Waals surface area contributed by atoms with Gasteiger partial charge in [0.2, 0.25) is 5.95 Å². The van der Waals surface area contributed by atoms with E-state index in [-0.39, 0.29) is 0 Å². The van der Waals surface area contributed by atoms with E-state index in [4.69, 9.17) is 0 Å². The van der Waals surface area contributed by atoms with Gasteiger partial charge in [0.25, 0.3) is 0 Å². The van der Waals surface area contributed by atoms with Crippen molar-refractivity contribution in [3.8, 4) is 0 Å². The van der Waals surface area contributed by atoms with Gasteiger partial charge in [-0.1, -0.05) is 36.4 Å². The molecule has 27 heavy (non-hydrogen) atoms. The lowest BCUT2D eigenvalue weighted by atomic mass is 10.1. The van der Waals surface area contributed by atoms with Crippen molar-refractivity contribution < 1.29 is 13.2 Å². The number of rotatable bonds is 7. The van der Waals surface area contributed by atoms with Crippen molar-refractivity contribution >= 4 is 17.5 Å². The SMILES string of the molecule is FC(F)(F)c1cccc(Nc2ccnc(NCCCc3ccccc3)n2)c1. The van der Waals surface area contributed by atoms with E-state index in [1.54, 1.807) is 18.3 Å². The van der Waals surface area contributed by atoms with Crippen LogP contribution in [0.1, 0.15) is 17.5 Å². The Morgan fingerprint density at radius 1 is 0.926 bits per heavy atom. The van der Waals surface area contributed by atoms with E-state index in [9.17, 15) is 13.2 Å². The molecule has 3 rings (SSSR count). The minimum atomic E-state index is -4.38. The highest BCUT2D eigenvalue weighted by Gasteiger charge is 2.30. The van der Waals surface area contributed by atoms with E-state index in [1.165, 1.54) is 11.6 Å². The fourth-order valence-electron chi connectivity index (χ4n) is 2.57. The number of hydrogen-bond acceptors (Lipinski definition) is 4. The van der Waals surface area contributed by atoms with Gasteiger partial charge < -0.3 is 10.6 Å². The summed E-state index contributed by atoms with van der Waals surface area (Å²) in [6, 6.07) is 16.8. The lowest BCUT2D eigenvalue weighted by molar-refractivity contribution is -0.137. The van der Waals surface area contributed by atoms with Crippen LogP contribution in [0.3, 0.4) is 0 Å². The van der Waals surface area contributed by atoms with Gasteiger partial charge in [-0.2, -0.15) is 18.2 Å². The monoisotopic (exact) mass is 372 g/mol. The van der Waals surface area contributed by atoms with Crippen LogP contribution in [0, 0.1) is 0 Å². The minimum absolute atomic E-state index is 0.318. The van der Waals surface area contributed by atoms with E-state index in [1.807, 2.05) is 18.2 Å². The van der Waals surface area contributed by atoms with Crippen LogP contribution in [0.15, 0.2) is 66.9 Å². The number of benzene rings is 2. The number of aryl methyl sites for hydroxylation is 1. The van der Waals surface area contributed by atoms with Crippen molar-refractivity contribution in [2.45, 2.75) is 19.0 Å². The Morgan fingerprint density at radius 2 is 1.74 bits per heavy atom. The largest absolute Gasteiger partial charge is 0.416 e. The molecule has 0 aliphatic rings.